The van der Waals surface area contributed by atoms with Crippen molar-refractivity contribution in [2.75, 3.05) is 25.5 Å². The number of benzene rings is 2. The average molecular weight is 308 g/mol. The van der Waals surface area contributed by atoms with E-state index in [1.54, 1.807) is 7.11 Å². The van der Waals surface area contributed by atoms with Crippen molar-refractivity contribution < 1.29 is 4.74 Å². The molecule has 2 aromatic carbocycles. The van der Waals surface area contributed by atoms with Crippen LogP contribution in [0.3, 0.4) is 0 Å². The Morgan fingerprint density at radius 2 is 1.74 bits per heavy atom. The van der Waals surface area contributed by atoms with Gasteiger partial charge in [0.1, 0.15) is 11.4 Å². The van der Waals surface area contributed by atoms with E-state index in [0.717, 1.165) is 46.6 Å². The van der Waals surface area contributed by atoms with Gasteiger partial charge in [0.2, 0.25) is 0 Å². The molecule has 0 unspecified atom stereocenters. The fraction of sp³-hybridized carbons (Fsp3) is 0.222. The van der Waals surface area contributed by atoms with Gasteiger partial charge in [0, 0.05) is 22.9 Å². The molecule has 118 valence electrons. The zero-order valence-corrected chi connectivity index (χ0v) is 13.1. The summed E-state index contributed by atoms with van der Waals surface area (Å²) in [6.07, 6.45) is 0.899. The van der Waals surface area contributed by atoms with E-state index in [1.165, 1.54) is 0 Å². The van der Waals surface area contributed by atoms with E-state index < -0.39 is 0 Å². The molecule has 3 rings (SSSR count). The minimum Gasteiger partial charge on any atom is -0.497 e. The van der Waals surface area contributed by atoms with Crippen molar-refractivity contribution in [2.24, 2.45) is 5.73 Å². The van der Waals surface area contributed by atoms with Crippen LogP contribution in [0.25, 0.3) is 22.0 Å². The summed E-state index contributed by atoms with van der Waals surface area (Å²) < 4.78 is 5.21. The van der Waals surface area contributed by atoms with Gasteiger partial charge in [-0.1, -0.05) is 24.3 Å². The summed E-state index contributed by atoms with van der Waals surface area (Å²) in [5.41, 5.74) is 7.43. The van der Waals surface area contributed by atoms with E-state index in [9.17, 15) is 0 Å². The molecule has 0 aliphatic rings. The van der Waals surface area contributed by atoms with E-state index in [1.807, 2.05) is 36.4 Å². The molecule has 0 radical (unpaired) electrons. The summed E-state index contributed by atoms with van der Waals surface area (Å²) in [6, 6.07) is 16.0. The zero-order valence-electron chi connectivity index (χ0n) is 13.1. The maximum absolute atomic E-state index is 5.54. The molecule has 0 aliphatic heterocycles. The Morgan fingerprint density at radius 1 is 1.00 bits per heavy atom. The normalized spacial score (nSPS) is 10.7. The summed E-state index contributed by atoms with van der Waals surface area (Å²) in [7, 11) is 1.66. The van der Waals surface area contributed by atoms with E-state index in [-0.39, 0.29) is 0 Å². The molecule has 0 aliphatic carbocycles. The highest BCUT2D eigenvalue weighted by Gasteiger charge is 2.10. The second-order valence-electron chi connectivity index (χ2n) is 5.24. The third-order valence-electron chi connectivity index (χ3n) is 3.72. The summed E-state index contributed by atoms with van der Waals surface area (Å²) in [6.45, 7) is 1.44. The maximum Gasteiger partial charge on any atom is 0.156 e. The highest BCUT2D eigenvalue weighted by Crippen LogP contribution is 2.30. The predicted octanol–water partition coefficient (Wildman–Crippen LogP) is 3.07. The van der Waals surface area contributed by atoms with Crippen molar-refractivity contribution in [1.82, 2.24) is 10.2 Å². The van der Waals surface area contributed by atoms with Gasteiger partial charge in [-0.2, -0.15) is 0 Å². The summed E-state index contributed by atoms with van der Waals surface area (Å²) in [5.74, 6) is 1.62. The maximum atomic E-state index is 5.54. The van der Waals surface area contributed by atoms with Crippen LogP contribution in [0, 0.1) is 0 Å². The number of hydrogen-bond acceptors (Lipinski definition) is 5. The minimum absolute atomic E-state index is 0.655. The van der Waals surface area contributed by atoms with E-state index in [0.29, 0.717) is 6.54 Å². The highest BCUT2D eigenvalue weighted by molar-refractivity contribution is 6.00. The molecule has 0 saturated carbocycles. The van der Waals surface area contributed by atoms with Crippen molar-refractivity contribution >= 4 is 16.6 Å². The van der Waals surface area contributed by atoms with Gasteiger partial charge in [-0.15, -0.1) is 10.2 Å². The quantitative estimate of drug-likeness (QED) is 0.685. The van der Waals surface area contributed by atoms with Crippen molar-refractivity contribution in [3.8, 4) is 17.0 Å². The molecule has 0 bridgehead atoms. The van der Waals surface area contributed by atoms with Crippen molar-refractivity contribution in [1.29, 1.82) is 0 Å². The first-order valence-electron chi connectivity index (χ1n) is 7.67. The molecule has 5 heteroatoms. The molecule has 1 heterocycles. The largest absolute Gasteiger partial charge is 0.497 e. The third kappa shape index (κ3) is 3.24. The molecule has 0 saturated heterocycles. The van der Waals surface area contributed by atoms with Crippen molar-refractivity contribution in [2.45, 2.75) is 6.42 Å². The van der Waals surface area contributed by atoms with Gasteiger partial charge < -0.3 is 15.8 Å². The van der Waals surface area contributed by atoms with Crippen LogP contribution in [0.1, 0.15) is 6.42 Å². The molecule has 0 amide bonds. The number of nitrogens with zero attached hydrogens (tertiary/aromatic N) is 2. The first-order valence-corrected chi connectivity index (χ1v) is 7.67. The highest BCUT2D eigenvalue weighted by atomic mass is 16.5. The van der Waals surface area contributed by atoms with Gasteiger partial charge in [-0.3, -0.25) is 0 Å². The number of aromatic nitrogens is 2. The molecule has 23 heavy (non-hydrogen) atoms. The van der Waals surface area contributed by atoms with Crippen LogP contribution in [0.2, 0.25) is 0 Å². The van der Waals surface area contributed by atoms with Crippen LogP contribution in [-0.2, 0) is 0 Å². The van der Waals surface area contributed by atoms with Gasteiger partial charge in [-0.05, 0) is 37.2 Å². The topological polar surface area (TPSA) is 73.1 Å². The lowest BCUT2D eigenvalue weighted by molar-refractivity contribution is 0.415. The van der Waals surface area contributed by atoms with Crippen LogP contribution in [0.5, 0.6) is 5.75 Å². The molecule has 3 aromatic rings. The van der Waals surface area contributed by atoms with Crippen LogP contribution in [-0.4, -0.2) is 30.4 Å². The monoisotopic (exact) mass is 308 g/mol. The standard InChI is InChI=1S/C18H20N4O/c1-23-14-9-7-13(8-10-14)17-15-5-2-3-6-16(15)18(22-21-17)20-12-4-11-19/h2-3,5-10H,4,11-12,19H2,1H3,(H,20,22). The molecule has 1 aromatic heterocycles. The SMILES string of the molecule is COc1ccc(-c2nnc(NCCCN)c3ccccc23)cc1. The van der Waals surface area contributed by atoms with Crippen LogP contribution in [0.4, 0.5) is 5.82 Å². The lowest BCUT2D eigenvalue weighted by Crippen LogP contribution is -2.10. The lowest BCUT2D eigenvalue weighted by Gasteiger charge is -2.11. The van der Waals surface area contributed by atoms with Crippen molar-refractivity contribution in [3.63, 3.8) is 0 Å². The summed E-state index contributed by atoms with van der Waals surface area (Å²) in [5, 5.41) is 14.2. The number of fused-ring (bicyclic) bond motifs is 1. The molecular weight excluding hydrogens is 288 g/mol. The number of anilines is 1. The van der Waals surface area contributed by atoms with Gasteiger partial charge >= 0.3 is 0 Å². The molecule has 0 atom stereocenters. The van der Waals surface area contributed by atoms with E-state index in [2.05, 4.69) is 27.6 Å². The average Bonchev–Trinajstić information content (AvgIpc) is 2.62. The molecule has 3 N–H and O–H groups in total. The smallest absolute Gasteiger partial charge is 0.156 e. The lowest BCUT2D eigenvalue weighted by atomic mass is 10.0. The Kier molecular flexibility index (Phi) is 4.68. The summed E-state index contributed by atoms with van der Waals surface area (Å²) in [4.78, 5) is 0. The van der Waals surface area contributed by atoms with Crippen LogP contribution >= 0.6 is 0 Å². The third-order valence-corrected chi connectivity index (χ3v) is 3.72. The zero-order chi connectivity index (χ0) is 16.1. The summed E-state index contributed by atoms with van der Waals surface area (Å²) >= 11 is 0. The Labute approximate surface area is 135 Å². The second-order valence-corrected chi connectivity index (χ2v) is 5.24. The Hall–Kier alpha value is -2.66. The number of hydrogen-bond donors (Lipinski definition) is 2. The molecule has 5 nitrogen and oxygen atoms in total. The first kappa shape index (κ1) is 15.2. The minimum atomic E-state index is 0.655. The van der Waals surface area contributed by atoms with E-state index in [4.69, 9.17) is 10.5 Å². The fourth-order valence-corrected chi connectivity index (χ4v) is 2.51. The Morgan fingerprint density at radius 3 is 2.43 bits per heavy atom. The Bertz CT molecular complexity index is 787. The number of nitrogens with one attached hydrogen (secondary N) is 1. The van der Waals surface area contributed by atoms with Gasteiger partial charge in [0.25, 0.3) is 0 Å². The number of rotatable bonds is 6. The first-order chi connectivity index (χ1) is 11.3. The predicted molar refractivity (Wildman–Crippen MR) is 93.7 cm³/mol. The van der Waals surface area contributed by atoms with E-state index >= 15 is 0 Å². The van der Waals surface area contributed by atoms with Gasteiger partial charge in [0.05, 0.1) is 7.11 Å². The van der Waals surface area contributed by atoms with Gasteiger partial charge in [0.15, 0.2) is 5.82 Å². The molecule has 0 spiro atoms. The number of methoxy groups -OCH3 is 1. The van der Waals surface area contributed by atoms with Crippen LogP contribution in [0.15, 0.2) is 48.5 Å². The Balaban J connectivity index is 2.03. The molecule has 0 fully saturated rings. The fourth-order valence-electron chi connectivity index (χ4n) is 2.51. The number of ether oxygens (including phenoxy) is 1. The second kappa shape index (κ2) is 7.07. The van der Waals surface area contributed by atoms with Gasteiger partial charge in [-0.25, -0.2) is 0 Å². The van der Waals surface area contributed by atoms with Crippen molar-refractivity contribution in [3.05, 3.63) is 48.5 Å². The van der Waals surface area contributed by atoms with Crippen LogP contribution < -0.4 is 15.8 Å². The molecular formula is C18H20N4O. The number of nitrogens with two attached hydrogens (primary N) is 1.